The second-order valence-electron chi connectivity index (χ2n) is 7.26. The first-order chi connectivity index (χ1) is 14.0. The van der Waals surface area contributed by atoms with Gasteiger partial charge >= 0.3 is 0 Å². The molecule has 0 aromatic heterocycles. The molecular weight excluding hydrogens is 362 g/mol. The summed E-state index contributed by atoms with van der Waals surface area (Å²) in [5.74, 6) is -0.781. The van der Waals surface area contributed by atoms with Crippen LogP contribution in [-0.4, -0.2) is 36.3 Å². The molecule has 1 heterocycles. The van der Waals surface area contributed by atoms with E-state index < -0.39 is 5.91 Å². The summed E-state index contributed by atoms with van der Waals surface area (Å²) >= 11 is 0. The molecule has 0 unspecified atom stereocenters. The number of unbranched alkanes of at least 4 members (excludes halogenated alkanes) is 3. The van der Waals surface area contributed by atoms with E-state index in [2.05, 4.69) is 25.7 Å². The van der Waals surface area contributed by atoms with Gasteiger partial charge in [-0.1, -0.05) is 38.3 Å². The quantitative estimate of drug-likeness (QED) is 0.346. The van der Waals surface area contributed by atoms with Gasteiger partial charge in [0.2, 0.25) is 0 Å². The van der Waals surface area contributed by atoms with E-state index in [1.807, 2.05) is 30.3 Å². The van der Waals surface area contributed by atoms with E-state index in [-0.39, 0.29) is 11.5 Å². The minimum atomic E-state index is -0.472. The predicted octanol–water partition coefficient (Wildman–Crippen LogP) is 4.71. The Morgan fingerprint density at radius 1 is 1.00 bits per heavy atom. The molecule has 2 rings (SSSR count). The zero-order chi connectivity index (χ0) is 21.4. The topological polar surface area (TPSA) is 64.4 Å². The minimum Gasteiger partial charge on any atom is -0.372 e. The van der Waals surface area contributed by atoms with Gasteiger partial charge in [0, 0.05) is 30.9 Å². The fourth-order valence-electron chi connectivity index (χ4n) is 3.57. The molecular formula is C24H31N3O2. The van der Waals surface area contributed by atoms with Crippen molar-refractivity contribution in [1.82, 2.24) is 4.90 Å². The van der Waals surface area contributed by atoms with E-state index in [4.69, 9.17) is 0 Å². The highest BCUT2D eigenvalue weighted by Gasteiger charge is 2.34. The maximum absolute atomic E-state index is 13.0. The van der Waals surface area contributed by atoms with Crippen LogP contribution in [0.4, 0.5) is 5.69 Å². The number of benzene rings is 1. The Morgan fingerprint density at radius 2 is 1.66 bits per heavy atom. The lowest BCUT2D eigenvalue weighted by Crippen LogP contribution is -2.43. The lowest BCUT2D eigenvalue weighted by Gasteiger charge is -2.27. The summed E-state index contributed by atoms with van der Waals surface area (Å²) < 4.78 is 0. The molecule has 0 radical (unpaired) electrons. The van der Waals surface area contributed by atoms with Gasteiger partial charge in [-0.15, -0.1) is 0 Å². The third kappa shape index (κ3) is 5.14. The largest absolute Gasteiger partial charge is 0.372 e. The van der Waals surface area contributed by atoms with E-state index in [1.165, 1.54) is 4.90 Å². The van der Waals surface area contributed by atoms with Gasteiger partial charge in [-0.2, -0.15) is 5.26 Å². The molecule has 0 saturated heterocycles. The summed E-state index contributed by atoms with van der Waals surface area (Å²) in [6.07, 6.45) is 5.65. The van der Waals surface area contributed by atoms with Crippen LogP contribution < -0.4 is 4.90 Å². The Labute approximate surface area is 174 Å². The predicted molar refractivity (Wildman–Crippen MR) is 117 cm³/mol. The van der Waals surface area contributed by atoms with Crippen molar-refractivity contribution in [2.24, 2.45) is 0 Å². The molecule has 154 valence electrons. The lowest BCUT2D eigenvalue weighted by atomic mass is 9.93. The van der Waals surface area contributed by atoms with Crippen LogP contribution in [-0.2, 0) is 9.59 Å². The number of anilines is 1. The van der Waals surface area contributed by atoms with Crippen molar-refractivity contribution in [2.45, 2.75) is 53.4 Å². The molecule has 1 aromatic rings. The molecule has 1 aliphatic heterocycles. The number of carbonyl (C=O) groups excluding carboxylic acids is 2. The summed E-state index contributed by atoms with van der Waals surface area (Å²) in [7, 11) is 0. The standard InChI is InChI=1S/C24H31N3O2/c1-5-8-9-10-15-27-23(28)21(18(4)22(17-25)24(27)29)16-19-11-13-20(14-12-19)26(6-2)7-3/h11-14,16H,5-10,15H2,1-4H3/b21-16+. The average Bonchev–Trinajstić information content (AvgIpc) is 2.73. The maximum atomic E-state index is 13.0. The molecule has 1 aliphatic rings. The van der Waals surface area contributed by atoms with Crippen molar-refractivity contribution in [3.63, 3.8) is 0 Å². The van der Waals surface area contributed by atoms with Crippen LogP contribution in [0.1, 0.15) is 58.9 Å². The first-order valence-corrected chi connectivity index (χ1v) is 10.5. The Morgan fingerprint density at radius 3 is 2.21 bits per heavy atom. The maximum Gasteiger partial charge on any atom is 0.271 e. The summed E-state index contributed by atoms with van der Waals surface area (Å²) in [6.45, 7) is 10.2. The number of nitriles is 1. The highest BCUT2D eigenvalue weighted by atomic mass is 16.2. The van der Waals surface area contributed by atoms with Crippen LogP contribution in [0.5, 0.6) is 0 Å². The zero-order valence-electron chi connectivity index (χ0n) is 18.0. The monoisotopic (exact) mass is 393 g/mol. The third-order valence-corrected chi connectivity index (χ3v) is 5.39. The van der Waals surface area contributed by atoms with Gasteiger partial charge < -0.3 is 4.90 Å². The van der Waals surface area contributed by atoms with Gasteiger partial charge in [0.25, 0.3) is 11.8 Å². The Bertz CT molecular complexity index is 840. The molecule has 1 aromatic carbocycles. The number of imide groups is 1. The Kier molecular flexibility index (Phi) is 8.21. The van der Waals surface area contributed by atoms with Crippen molar-refractivity contribution >= 4 is 23.6 Å². The van der Waals surface area contributed by atoms with E-state index in [0.717, 1.165) is 50.0 Å². The Hall–Kier alpha value is -2.87. The molecule has 0 fully saturated rings. The number of nitrogens with zero attached hydrogens (tertiary/aromatic N) is 3. The lowest BCUT2D eigenvalue weighted by molar-refractivity contribution is -0.140. The van der Waals surface area contributed by atoms with Crippen LogP contribution >= 0.6 is 0 Å². The second kappa shape index (κ2) is 10.6. The fourth-order valence-corrected chi connectivity index (χ4v) is 3.57. The van der Waals surface area contributed by atoms with Crippen molar-refractivity contribution in [3.05, 3.63) is 46.5 Å². The SMILES string of the molecule is CCCCCCN1C(=O)C(C#N)=C(C)/C(=C\c2ccc(N(CC)CC)cc2)C1=O. The van der Waals surface area contributed by atoms with E-state index in [9.17, 15) is 14.9 Å². The summed E-state index contributed by atoms with van der Waals surface area (Å²) in [5, 5.41) is 9.48. The molecule has 5 nitrogen and oxygen atoms in total. The van der Waals surface area contributed by atoms with Crippen molar-refractivity contribution in [3.8, 4) is 6.07 Å². The van der Waals surface area contributed by atoms with Gasteiger partial charge in [-0.05, 0) is 56.5 Å². The normalized spacial score (nSPS) is 15.8. The van der Waals surface area contributed by atoms with Gasteiger partial charge in [0.1, 0.15) is 11.6 Å². The van der Waals surface area contributed by atoms with Gasteiger partial charge in [0.05, 0.1) is 0 Å². The number of rotatable bonds is 9. The second-order valence-corrected chi connectivity index (χ2v) is 7.26. The fraction of sp³-hybridized carbons (Fsp3) is 0.458. The van der Waals surface area contributed by atoms with Crippen molar-refractivity contribution < 1.29 is 9.59 Å². The number of amides is 2. The van der Waals surface area contributed by atoms with E-state index in [0.29, 0.717) is 17.7 Å². The van der Waals surface area contributed by atoms with E-state index in [1.54, 1.807) is 13.0 Å². The number of carbonyl (C=O) groups is 2. The van der Waals surface area contributed by atoms with Crippen LogP contribution in [0.25, 0.3) is 6.08 Å². The molecule has 0 saturated carbocycles. The third-order valence-electron chi connectivity index (χ3n) is 5.39. The van der Waals surface area contributed by atoms with Crippen LogP contribution in [0.3, 0.4) is 0 Å². The highest BCUT2D eigenvalue weighted by Crippen LogP contribution is 2.28. The first-order valence-electron chi connectivity index (χ1n) is 10.5. The van der Waals surface area contributed by atoms with Gasteiger partial charge in [-0.25, -0.2) is 0 Å². The number of hydrogen-bond donors (Lipinski definition) is 0. The molecule has 0 bridgehead atoms. The van der Waals surface area contributed by atoms with E-state index >= 15 is 0 Å². The molecule has 0 N–H and O–H groups in total. The summed E-state index contributed by atoms with van der Waals surface area (Å²) in [5.41, 5.74) is 2.95. The van der Waals surface area contributed by atoms with Gasteiger partial charge in [-0.3, -0.25) is 14.5 Å². The first kappa shape index (κ1) is 22.4. The molecule has 2 amide bonds. The minimum absolute atomic E-state index is 0.0612. The average molecular weight is 394 g/mol. The summed E-state index contributed by atoms with van der Waals surface area (Å²) in [6, 6.07) is 10.00. The summed E-state index contributed by atoms with van der Waals surface area (Å²) in [4.78, 5) is 29.1. The van der Waals surface area contributed by atoms with Crippen molar-refractivity contribution in [1.29, 1.82) is 5.26 Å². The molecule has 5 heteroatoms. The molecule has 29 heavy (non-hydrogen) atoms. The number of hydrogen-bond acceptors (Lipinski definition) is 4. The van der Waals surface area contributed by atoms with Crippen LogP contribution in [0.15, 0.2) is 41.0 Å². The highest BCUT2D eigenvalue weighted by molar-refractivity contribution is 6.19. The molecule has 0 atom stereocenters. The van der Waals surface area contributed by atoms with Crippen LogP contribution in [0, 0.1) is 11.3 Å². The van der Waals surface area contributed by atoms with Crippen LogP contribution in [0.2, 0.25) is 0 Å². The smallest absolute Gasteiger partial charge is 0.271 e. The molecule has 0 spiro atoms. The molecule has 0 aliphatic carbocycles. The zero-order valence-corrected chi connectivity index (χ0v) is 18.0. The van der Waals surface area contributed by atoms with Gasteiger partial charge in [0.15, 0.2) is 0 Å². The van der Waals surface area contributed by atoms with Crippen molar-refractivity contribution in [2.75, 3.05) is 24.5 Å². The Balaban J connectivity index is 2.33.